The van der Waals surface area contributed by atoms with Crippen LogP contribution in [0.1, 0.15) is 21.5 Å². The molecule has 0 spiro atoms. The lowest BCUT2D eigenvalue weighted by atomic mass is 10.1. The first kappa shape index (κ1) is 19.6. The summed E-state index contributed by atoms with van der Waals surface area (Å²) in [6.07, 6.45) is 0. The molecule has 0 heterocycles. The van der Waals surface area contributed by atoms with Gasteiger partial charge in [-0.2, -0.15) is 0 Å². The van der Waals surface area contributed by atoms with Gasteiger partial charge in [-0.1, -0.05) is 55.9 Å². The summed E-state index contributed by atoms with van der Waals surface area (Å²) in [5.41, 5.74) is 5.49. The standard InChI is InChI=1S/C21H25NO3Si/c1-24-19-13-17(11-12-26(3,4)5)18(14-20(19)25-2)21(23)22-15-16-9-7-6-8-10-16/h6-10,13-14H,15H2,1-5H3,(H,22,23). The van der Waals surface area contributed by atoms with E-state index in [0.717, 1.165) is 5.56 Å². The molecule has 0 aliphatic rings. The van der Waals surface area contributed by atoms with Crippen LogP contribution in [0.15, 0.2) is 42.5 Å². The molecule has 0 aliphatic carbocycles. The number of carbonyl (C=O) groups excluding carboxylic acids is 1. The quantitative estimate of drug-likeness (QED) is 0.645. The summed E-state index contributed by atoms with van der Waals surface area (Å²) in [6, 6.07) is 13.2. The average molecular weight is 368 g/mol. The molecule has 0 unspecified atom stereocenters. The molecule has 2 rings (SSSR count). The Balaban J connectivity index is 2.36. The van der Waals surface area contributed by atoms with Gasteiger partial charge in [-0.05, 0) is 11.6 Å². The third kappa shape index (κ3) is 5.40. The maximum Gasteiger partial charge on any atom is 0.252 e. The highest BCUT2D eigenvalue weighted by Crippen LogP contribution is 2.30. The first-order chi connectivity index (χ1) is 12.3. The van der Waals surface area contributed by atoms with Crippen LogP contribution in [0.2, 0.25) is 19.6 Å². The van der Waals surface area contributed by atoms with E-state index in [1.807, 2.05) is 30.3 Å². The molecule has 1 N–H and O–H groups in total. The van der Waals surface area contributed by atoms with Gasteiger partial charge in [0.15, 0.2) is 11.5 Å². The molecule has 0 radical (unpaired) electrons. The van der Waals surface area contributed by atoms with Gasteiger partial charge in [0.05, 0.1) is 19.8 Å². The number of benzene rings is 2. The van der Waals surface area contributed by atoms with Crippen LogP contribution in [0.5, 0.6) is 11.5 Å². The van der Waals surface area contributed by atoms with Crippen molar-refractivity contribution in [2.75, 3.05) is 14.2 Å². The molecule has 0 fully saturated rings. The minimum Gasteiger partial charge on any atom is -0.493 e. The molecular weight excluding hydrogens is 342 g/mol. The second kappa shape index (κ2) is 8.59. The summed E-state index contributed by atoms with van der Waals surface area (Å²) < 4.78 is 10.7. The van der Waals surface area contributed by atoms with E-state index < -0.39 is 8.07 Å². The van der Waals surface area contributed by atoms with E-state index in [0.29, 0.717) is 29.2 Å². The molecular formula is C21H25NO3Si. The summed E-state index contributed by atoms with van der Waals surface area (Å²) in [5.74, 6) is 4.06. The number of amides is 1. The predicted molar refractivity (Wildman–Crippen MR) is 107 cm³/mol. The Morgan fingerprint density at radius 2 is 1.65 bits per heavy atom. The lowest BCUT2D eigenvalue weighted by Crippen LogP contribution is -2.24. The first-order valence-corrected chi connectivity index (χ1v) is 12.0. The predicted octanol–water partition coefficient (Wildman–Crippen LogP) is 3.86. The molecule has 0 saturated heterocycles. The number of rotatable bonds is 5. The van der Waals surface area contributed by atoms with Gasteiger partial charge in [0, 0.05) is 18.2 Å². The molecule has 2 aromatic carbocycles. The summed E-state index contributed by atoms with van der Waals surface area (Å²) in [6.45, 7) is 6.94. The van der Waals surface area contributed by atoms with Crippen molar-refractivity contribution in [3.05, 3.63) is 59.2 Å². The molecule has 26 heavy (non-hydrogen) atoms. The molecule has 0 aliphatic heterocycles. The van der Waals surface area contributed by atoms with Crippen molar-refractivity contribution in [1.29, 1.82) is 0 Å². The summed E-state index contributed by atoms with van der Waals surface area (Å²) in [5, 5.41) is 2.95. The highest BCUT2D eigenvalue weighted by molar-refractivity contribution is 6.83. The average Bonchev–Trinajstić information content (AvgIpc) is 2.63. The van der Waals surface area contributed by atoms with Gasteiger partial charge < -0.3 is 14.8 Å². The van der Waals surface area contributed by atoms with E-state index in [9.17, 15) is 4.79 Å². The van der Waals surface area contributed by atoms with E-state index in [4.69, 9.17) is 9.47 Å². The lowest BCUT2D eigenvalue weighted by Gasteiger charge is -2.13. The maximum absolute atomic E-state index is 12.8. The number of ether oxygens (including phenoxy) is 2. The fourth-order valence-electron chi connectivity index (χ4n) is 2.30. The van der Waals surface area contributed by atoms with Crippen molar-refractivity contribution < 1.29 is 14.3 Å². The third-order valence-corrected chi connectivity index (χ3v) is 4.51. The Labute approximate surface area is 156 Å². The monoisotopic (exact) mass is 367 g/mol. The van der Waals surface area contributed by atoms with Gasteiger partial charge in [-0.25, -0.2) is 0 Å². The molecule has 5 heteroatoms. The van der Waals surface area contributed by atoms with Crippen molar-refractivity contribution in [1.82, 2.24) is 5.32 Å². The van der Waals surface area contributed by atoms with Gasteiger partial charge in [0.2, 0.25) is 0 Å². The van der Waals surface area contributed by atoms with Gasteiger partial charge >= 0.3 is 0 Å². The highest BCUT2D eigenvalue weighted by atomic mass is 28.3. The minimum absolute atomic E-state index is 0.185. The Morgan fingerprint density at radius 3 is 2.23 bits per heavy atom. The van der Waals surface area contributed by atoms with Gasteiger partial charge in [-0.15, -0.1) is 5.54 Å². The summed E-state index contributed by atoms with van der Waals surface area (Å²) >= 11 is 0. The number of carbonyl (C=O) groups is 1. The van der Waals surface area contributed by atoms with Crippen LogP contribution in [-0.4, -0.2) is 28.2 Å². The van der Waals surface area contributed by atoms with Crippen LogP contribution in [-0.2, 0) is 6.54 Å². The Kier molecular flexibility index (Phi) is 6.48. The zero-order valence-corrected chi connectivity index (χ0v) is 17.0. The second-order valence-electron chi connectivity index (χ2n) is 6.92. The van der Waals surface area contributed by atoms with Crippen LogP contribution < -0.4 is 14.8 Å². The smallest absolute Gasteiger partial charge is 0.252 e. The third-order valence-electron chi connectivity index (χ3n) is 3.64. The van der Waals surface area contributed by atoms with Crippen molar-refractivity contribution in [2.45, 2.75) is 26.2 Å². The number of nitrogens with one attached hydrogen (secondary N) is 1. The SMILES string of the molecule is COc1cc(C#C[Si](C)(C)C)c(C(=O)NCc2ccccc2)cc1OC. The zero-order chi connectivity index (χ0) is 19.2. The van der Waals surface area contributed by atoms with Crippen LogP contribution in [0.25, 0.3) is 0 Å². The minimum atomic E-state index is -1.58. The van der Waals surface area contributed by atoms with Crippen molar-refractivity contribution >= 4 is 14.0 Å². The second-order valence-corrected chi connectivity index (χ2v) is 11.7. The number of methoxy groups -OCH3 is 2. The molecule has 0 saturated carbocycles. The topological polar surface area (TPSA) is 47.6 Å². The fourth-order valence-corrected chi connectivity index (χ4v) is 2.81. The zero-order valence-electron chi connectivity index (χ0n) is 16.0. The summed E-state index contributed by atoms with van der Waals surface area (Å²) in [7, 11) is 1.54. The molecule has 1 amide bonds. The van der Waals surface area contributed by atoms with Crippen molar-refractivity contribution in [3.8, 4) is 23.0 Å². The van der Waals surface area contributed by atoms with Gasteiger partial charge in [0.25, 0.3) is 5.91 Å². The molecule has 0 atom stereocenters. The van der Waals surface area contributed by atoms with Gasteiger partial charge in [0.1, 0.15) is 8.07 Å². The highest BCUT2D eigenvalue weighted by Gasteiger charge is 2.17. The normalized spacial score (nSPS) is 10.5. The van der Waals surface area contributed by atoms with Crippen molar-refractivity contribution in [3.63, 3.8) is 0 Å². The van der Waals surface area contributed by atoms with E-state index in [2.05, 4.69) is 36.4 Å². The van der Waals surface area contributed by atoms with Crippen LogP contribution in [0, 0.1) is 11.5 Å². The van der Waals surface area contributed by atoms with E-state index in [1.54, 1.807) is 26.4 Å². The van der Waals surface area contributed by atoms with Gasteiger partial charge in [-0.3, -0.25) is 4.79 Å². The van der Waals surface area contributed by atoms with E-state index in [1.165, 1.54) is 0 Å². The number of hydrogen-bond acceptors (Lipinski definition) is 3. The first-order valence-electron chi connectivity index (χ1n) is 8.45. The molecule has 136 valence electrons. The van der Waals surface area contributed by atoms with E-state index in [-0.39, 0.29) is 5.91 Å². The Bertz CT molecular complexity index is 830. The molecule has 4 nitrogen and oxygen atoms in total. The number of hydrogen-bond donors (Lipinski definition) is 1. The van der Waals surface area contributed by atoms with Crippen LogP contribution >= 0.6 is 0 Å². The Morgan fingerprint density at radius 1 is 1.04 bits per heavy atom. The molecule has 0 bridgehead atoms. The molecule has 0 aromatic heterocycles. The fraction of sp³-hybridized carbons (Fsp3) is 0.286. The summed E-state index contributed by atoms with van der Waals surface area (Å²) in [4.78, 5) is 12.8. The lowest BCUT2D eigenvalue weighted by molar-refractivity contribution is 0.0950. The van der Waals surface area contributed by atoms with Crippen LogP contribution in [0.3, 0.4) is 0 Å². The van der Waals surface area contributed by atoms with Crippen molar-refractivity contribution in [2.24, 2.45) is 0 Å². The Hall–Kier alpha value is -2.71. The maximum atomic E-state index is 12.8. The largest absolute Gasteiger partial charge is 0.493 e. The van der Waals surface area contributed by atoms with E-state index >= 15 is 0 Å². The van der Waals surface area contributed by atoms with Crippen LogP contribution in [0.4, 0.5) is 0 Å². The molecule has 2 aromatic rings.